The van der Waals surface area contributed by atoms with Crippen LogP contribution in [0, 0.1) is 6.92 Å². The highest BCUT2D eigenvalue weighted by atomic mass is 19.4. The van der Waals surface area contributed by atoms with Gasteiger partial charge < -0.3 is 5.32 Å². The highest BCUT2D eigenvalue weighted by Gasteiger charge is 2.38. The smallest absolute Gasteiger partial charge is 0.309 e. The van der Waals surface area contributed by atoms with Crippen LogP contribution < -0.4 is 5.32 Å². The van der Waals surface area contributed by atoms with Crippen molar-refractivity contribution >= 4 is 11.7 Å². The molecule has 5 nitrogen and oxygen atoms in total. The number of aryl methyl sites for hydroxylation is 1. The number of aromatic nitrogens is 3. The van der Waals surface area contributed by atoms with Crippen LogP contribution in [-0.4, -0.2) is 20.7 Å². The fraction of sp³-hybridized carbons (Fsp3) is 0.400. The molecule has 2 aromatic heterocycles. The molecule has 0 aliphatic heterocycles. The second kappa shape index (κ2) is 5.68. The summed E-state index contributed by atoms with van der Waals surface area (Å²) in [7, 11) is 0. The number of alkyl halides is 3. The lowest BCUT2D eigenvalue weighted by molar-refractivity contribution is -0.141. The molecule has 0 bridgehead atoms. The predicted octanol–water partition coefficient (Wildman–Crippen LogP) is 3.12. The molecule has 1 aliphatic carbocycles. The Kier molecular flexibility index (Phi) is 3.83. The molecular weight excluding hydrogens is 309 g/mol. The maximum Gasteiger partial charge on any atom is 0.435 e. The zero-order valence-corrected chi connectivity index (χ0v) is 12.4. The topological polar surface area (TPSA) is 59.8 Å². The van der Waals surface area contributed by atoms with Crippen LogP contribution in [0.1, 0.15) is 35.7 Å². The summed E-state index contributed by atoms with van der Waals surface area (Å²) in [6, 6.07) is 4.56. The van der Waals surface area contributed by atoms with Crippen molar-refractivity contribution in [3.8, 4) is 0 Å². The lowest BCUT2D eigenvalue weighted by atomic mass is 10.2. The summed E-state index contributed by atoms with van der Waals surface area (Å²) in [5.41, 5.74) is 0.283. The Morgan fingerprint density at radius 1 is 1.43 bits per heavy atom. The Labute approximate surface area is 130 Å². The monoisotopic (exact) mass is 324 g/mol. The van der Waals surface area contributed by atoms with Crippen LogP contribution in [0.15, 0.2) is 24.4 Å². The number of nitrogens with one attached hydrogen (secondary N) is 1. The van der Waals surface area contributed by atoms with Gasteiger partial charge in [-0.1, -0.05) is 6.07 Å². The molecule has 0 spiro atoms. The fourth-order valence-corrected chi connectivity index (χ4v) is 2.33. The number of amides is 1. The Balaban J connectivity index is 1.78. The van der Waals surface area contributed by atoms with E-state index in [0.717, 1.165) is 29.2 Å². The van der Waals surface area contributed by atoms with E-state index in [4.69, 9.17) is 0 Å². The third-order valence-corrected chi connectivity index (χ3v) is 3.66. The van der Waals surface area contributed by atoms with Gasteiger partial charge in [-0.05, 0) is 37.5 Å². The minimum absolute atomic E-state index is 0.0583. The van der Waals surface area contributed by atoms with E-state index in [-0.39, 0.29) is 12.5 Å². The van der Waals surface area contributed by atoms with Crippen molar-refractivity contribution in [2.75, 3.05) is 5.32 Å². The molecule has 3 rings (SSSR count). The van der Waals surface area contributed by atoms with E-state index in [1.165, 1.54) is 6.20 Å². The summed E-state index contributed by atoms with van der Waals surface area (Å²) in [5.74, 6) is 0.00202. The number of nitrogens with zero attached hydrogens (tertiary/aromatic N) is 3. The molecule has 1 saturated carbocycles. The molecule has 0 unspecified atom stereocenters. The first kappa shape index (κ1) is 15.5. The van der Waals surface area contributed by atoms with E-state index in [1.54, 1.807) is 19.1 Å². The summed E-state index contributed by atoms with van der Waals surface area (Å²) >= 11 is 0. The van der Waals surface area contributed by atoms with Crippen LogP contribution in [0.5, 0.6) is 0 Å². The quantitative estimate of drug-likeness (QED) is 0.940. The van der Waals surface area contributed by atoms with Crippen LogP contribution in [0.25, 0.3) is 0 Å². The van der Waals surface area contributed by atoms with Crippen molar-refractivity contribution < 1.29 is 18.0 Å². The highest BCUT2D eigenvalue weighted by molar-refractivity contribution is 5.90. The summed E-state index contributed by atoms with van der Waals surface area (Å²) in [6.07, 6.45) is -1.33. The number of anilines is 1. The van der Waals surface area contributed by atoms with E-state index in [0.29, 0.717) is 11.5 Å². The number of carbonyl (C=O) groups is 1. The first-order valence-electron chi connectivity index (χ1n) is 7.21. The molecule has 0 atom stereocenters. The van der Waals surface area contributed by atoms with E-state index >= 15 is 0 Å². The van der Waals surface area contributed by atoms with Crippen molar-refractivity contribution in [1.82, 2.24) is 14.8 Å². The van der Waals surface area contributed by atoms with Crippen LogP contribution in [-0.2, 0) is 17.5 Å². The molecule has 2 heterocycles. The van der Waals surface area contributed by atoms with Gasteiger partial charge in [-0.2, -0.15) is 18.3 Å². The molecule has 1 N–H and O–H groups in total. The fourth-order valence-electron chi connectivity index (χ4n) is 2.33. The molecule has 2 aromatic rings. The summed E-state index contributed by atoms with van der Waals surface area (Å²) in [6.45, 7) is 1.52. The average molecular weight is 324 g/mol. The number of rotatable bonds is 4. The Morgan fingerprint density at radius 2 is 2.17 bits per heavy atom. The third kappa shape index (κ3) is 3.52. The maximum absolute atomic E-state index is 12.8. The SMILES string of the molecule is Cc1cccnc1NC(=O)Cn1nc(C(F)(F)F)cc1C1CC1. The molecule has 0 aromatic carbocycles. The molecule has 122 valence electrons. The molecule has 1 aliphatic rings. The molecule has 0 radical (unpaired) electrons. The van der Waals surface area contributed by atoms with Gasteiger partial charge >= 0.3 is 6.18 Å². The molecular formula is C15H15F3N4O. The van der Waals surface area contributed by atoms with Crippen LogP contribution in [0.3, 0.4) is 0 Å². The molecule has 0 saturated heterocycles. The number of hydrogen-bond donors (Lipinski definition) is 1. The Morgan fingerprint density at radius 3 is 2.78 bits per heavy atom. The van der Waals surface area contributed by atoms with Crippen LogP contribution in [0.2, 0.25) is 0 Å². The second-order valence-electron chi connectivity index (χ2n) is 5.60. The molecule has 23 heavy (non-hydrogen) atoms. The van der Waals surface area contributed by atoms with E-state index in [2.05, 4.69) is 15.4 Å². The van der Waals surface area contributed by atoms with Crippen LogP contribution in [0.4, 0.5) is 19.0 Å². The zero-order valence-electron chi connectivity index (χ0n) is 12.4. The van der Waals surface area contributed by atoms with Gasteiger partial charge in [0.25, 0.3) is 0 Å². The Hall–Kier alpha value is -2.38. The lowest BCUT2D eigenvalue weighted by Gasteiger charge is -2.09. The van der Waals surface area contributed by atoms with Crippen molar-refractivity contribution in [2.45, 2.75) is 38.4 Å². The van der Waals surface area contributed by atoms with E-state index in [9.17, 15) is 18.0 Å². The Bertz CT molecular complexity index is 735. The number of halogens is 3. The van der Waals surface area contributed by atoms with Gasteiger partial charge in [0.2, 0.25) is 5.91 Å². The van der Waals surface area contributed by atoms with Gasteiger partial charge in [0.1, 0.15) is 12.4 Å². The van der Waals surface area contributed by atoms with Crippen molar-refractivity contribution in [1.29, 1.82) is 0 Å². The molecule has 8 heteroatoms. The maximum atomic E-state index is 12.8. The van der Waals surface area contributed by atoms with Crippen LogP contribution >= 0.6 is 0 Å². The molecule has 1 amide bonds. The highest BCUT2D eigenvalue weighted by Crippen LogP contribution is 2.42. The van der Waals surface area contributed by atoms with E-state index < -0.39 is 17.8 Å². The minimum Gasteiger partial charge on any atom is -0.309 e. The van der Waals surface area contributed by atoms with Gasteiger partial charge in [0, 0.05) is 17.8 Å². The van der Waals surface area contributed by atoms with Crippen molar-refractivity contribution in [3.05, 3.63) is 41.3 Å². The largest absolute Gasteiger partial charge is 0.435 e. The third-order valence-electron chi connectivity index (χ3n) is 3.66. The van der Waals surface area contributed by atoms with Crippen molar-refractivity contribution in [3.63, 3.8) is 0 Å². The number of pyridine rings is 1. The normalized spacial score (nSPS) is 14.8. The summed E-state index contributed by atoms with van der Waals surface area (Å²) in [4.78, 5) is 16.1. The first-order valence-corrected chi connectivity index (χ1v) is 7.21. The standard InChI is InChI=1S/C15H15F3N4O/c1-9-3-2-6-19-14(9)20-13(23)8-22-11(10-4-5-10)7-12(21-22)15(16,17)18/h2-3,6-7,10H,4-5,8H2,1H3,(H,19,20,23). The summed E-state index contributed by atoms with van der Waals surface area (Å²) in [5, 5.41) is 6.16. The molecule has 1 fully saturated rings. The number of carbonyl (C=O) groups excluding carboxylic acids is 1. The zero-order chi connectivity index (χ0) is 16.6. The second-order valence-corrected chi connectivity index (χ2v) is 5.60. The minimum atomic E-state index is -4.51. The lowest BCUT2D eigenvalue weighted by Crippen LogP contribution is -2.22. The van der Waals surface area contributed by atoms with Gasteiger partial charge in [-0.25, -0.2) is 4.98 Å². The van der Waals surface area contributed by atoms with Crippen molar-refractivity contribution in [2.24, 2.45) is 0 Å². The first-order chi connectivity index (χ1) is 10.8. The van der Waals surface area contributed by atoms with E-state index in [1.807, 2.05) is 0 Å². The predicted molar refractivity (Wildman–Crippen MR) is 76.8 cm³/mol. The van der Waals surface area contributed by atoms with Gasteiger partial charge in [-0.15, -0.1) is 0 Å². The van der Waals surface area contributed by atoms with Gasteiger partial charge in [0.15, 0.2) is 5.69 Å². The average Bonchev–Trinajstić information content (AvgIpc) is 3.21. The summed E-state index contributed by atoms with van der Waals surface area (Å²) < 4.78 is 39.6. The van der Waals surface area contributed by atoms with Gasteiger partial charge in [-0.3, -0.25) is 9.48 Å². The number of hydrogen-bond acceptors (Lipinski definition) is 3. The van der Waals surface area contributed by atoms with Gasteiger partial charge in [0.05, 0.1) is 0 Å².